The van der Waals surface area contributed by atoms with Crippen LogP contribution in [-0.4, -0.2) is 30.4 Å². The van der Waals surface area contributed by atoms with Crippen molar-refractivity contribution in [3.63, 3.8) is 0 Å². The molecule has 1 aliphatic heterocycles. The highest BCUT2D eigenvalue weighted by Crippen LogP contribution is 2.41. The zero-order chi connectivity index (χ0) is 17.3. The van der Waals surface area contributed by atoms with E-state index in [0.717, 1.165) is 22.5 Å². The Kier molecular flexibility index (Phi) is 4.01. The van der Waals surface area contributed by atoms with Gasteiger partial charge < -0.3 is 10.3 Å². The van der Waals surface area contributed by atoms with Crippen LogP contribution >= 0.6 is 0 Å². The predicted octanol–water partition coefficient (Wildman–Crippen LogP) is 3.47. The Hall–Kier alpha value is -2.82. The molecule has 5 nitrogen and oxygen atoms in total. The van der Waals surface area contributed by atoms with Crippen molar-refractivity contribution in [3.8, 4) is 0 Å². The van der Waals surface area contributed by atoms with Crippen molar-refractivity contribution in [2.24, 2.45) is 4.99 Å². The number of likely N-dealkylation sites (N-methyl/N-ethyl adjacent to an activating group) is 1. The topological polar surface area (TPSA) is 69.4 Å². The van der Waals surface area contributed by atoms with Crippen molar-refractivity contribution in [1.82, 2.24) is 4.98 Å². The van der Waals surface area contributed by atoms with Crippen LogP contribution in [0.1, 0.15) is 30.9 Å². The number of pyridine rings is 1. The number of rotatable bonds is 4. The fraction of sp³-hybridized carbons (Fsp3) is 0.263. The normalized spacial score (nSPS) is 17.1. The summed E-state index contributed by atoms with van der Waals surface area (Å²) in [6.07, 6.45) is 6.47. The van der Waals surface area contributed by atoms with Gasteiger partial charge in [-0.1, -0.05) is 12.1 Å². The van der Waals surface area contributed by atoms with E-state index in [9.17, 15) is 4.79 Å². The van der Waals surface area contributed by atoms with E-state index >= 15 is 0 Å². The Bertz CT molecular complexity index is 811. The molecule has 1 unspecified atom stereocenters. The van der Waals surface area contributed by atoms with E-state index in [2.05, 4.69) is 9.98 Å². The average molecular weight is 320 g/mol. The number of benzene rings is 1. The second kappa shape index (κ2) is 6.00. The second-order valence-electron chi connectivity index (χ2n) is 6.44. The summed E-state index contributed by atoms with van der Waals surface area (Å²) in [6.45, 7) is 3.88. The van der Waals surface area contributed by atoms with Gasteiger partial charge in [0.25, 0.3) is 0 Å². The standard InChI is InChI=1S/C19H20N4O/c1-19(2)16-5-4-13(10-17(16)23(3)18(19)24)14(11-20)12-22-15-6-8-21-9-7-15/h4-12,14,20H,1-3H3. The van der Waals surface area contributed by atoms with Gasteiger partial charge in [-0.25, -0.2) is 0 Å². The maximum Gasteiger partial charge on any atom is 0.236 e. The molecule has 0 saturated carbocycles. The molecular weight excluding hydrogens is 300 g/mol. The van der Waals surface area contributed by atoms with E-state index in [-0.39, 0.29) is 11.8 Å². The summed E-state index contributed by atoms with van der Waals surface area (Å²) in [4.78, 5) is 22.5. The number of anilines is 1. The van der Waals surface area contributed by atoms with Gasteiger partial charge in [0.15, 0.2) is 0 Å². The van der Waals surface area contributed by atoms with Gasteiger partial charge in [0.2, 0.25) is 5.91 Å². The summed E-state index contributed by atoms with van der Waals surface area (Å²) in [7, 11) is 1.80. The molecule has 2 aromatic rings. The molecule has 1 aromatic heterocycles. The molecule has 0 bridgehead atoms. The molecule has 5 heteroatoms. The molecular formula is C19H20N4O. The summed E-state index contributed by atoms with van der Waals surface area (Å²) < 4.78 is 0. The first kappa shape index (κ1) is 16.1. The summed E-state index contributed by atoms with van der Waals surface area (Å²) in [6, 6.07) is 9.57. The molecule has 1 N–H and O–H groups in total. The van der Waals surface area contributed by atoms with E-state index in [1.165, 1.54) is 6.21 Å². The Balaban J connectivity index is 1.94. The van der Waals surface area contributed by atoms with Gasteiger partial charge in [0.1, 0.15) is 0 Å². The second-order valence-corrected chi connectivity index (χ2v) is 6.44. The maximum absolute atomic E-state index is 12.4. The Morgan fingerprint density at radius 1 is 1.25 bits per heavy atom. The molecule has 0 aliphatic carbocycles. The van der Waals surface area contributed by atoms with Gasteiger partial charge in [-0.3, -0.25) is 14.8 Å². The first-order chi connectivity index (χ1) is 11.4. The number of aromatic nitrogens is 1. The lowest BCUT2D eigenvalue weighted by Gasteiger charge is -2.16. The lowest BCUT2D eigenvalue weighted by atomic mass is 9.85. The summed E-state index contributed by atoms with van der Waals surface area (Å²) in [5.74, 6) is -0.151. The third-order valence-electron chi connectivity index (χ3n) is 4.51. The van der Waals surface area contributed by atoms with Crippen molar-refractivity contribution in [1.29, 1.82) is 5.41 Å². The number of carbonyl (C=O) groups excluding carboxylic acids is 1. The lowest BCUT2D eigenvalue weighted by molar-refractivity contribution is -0.121. The zero-order valence-electron chi connectivity index (χ0n) is 14.0. The van der Waals surface area contributed by atoms with Crippen molar-refractivity contribution in [2.75, 3.05) is 11.9 Å². The molecule has 3 rings (SSSR count). The van der Waals surface area contributed by atoms with E-state index in [4.69, 9.17) is 5.41 Å². The molecule has 1 aliphatic rings. The van der Waals surface area contributed by atoms with Crippen molar-refractivity contribution in [2.45, 2.75) is 25.2 Å². The van der Waals surface area contributed by atoms with Crippen LogP contribution in [0.15, 0.2) is 47.7 Å². The molecule has 1 aromatic carbocycles. The number of hydrogen-bond donors (Lipinski definition) is 1. The Morgan fingerprint density at radius 3 is 2.62 bits per heavy atom. The molecule has 0 saturated heterocycles. The molecule has 0 fully saturated rings. The fourth-order valence-corrected chi connectivity index (χ4v) is 3.03. The number of nitrogens with one attached hydrogen (secondary N) is 1. The molecule has 0 radical (unpaired) electrons. The van der Waals surface area contributed by atoms with Gasteiger partial charge >= 0.3 is 0 Å². The predicted molar refractivity (Wildman–Crippen MR) is 96.8 cm³/mol. The lowest BCUT2D eigenvalue weighted by Crippen LogP contribution is -2.33. The minimum Gasteiger partial charge on any atom is -0.314 e. The highest BCUT2D eigenvalue weighted by Gasteiger charge is 2.42. The number of hydrogen-bond acceptors (Lipinski definition) is 4. The molecule has 1 atom stereocenters. The number of amides is 1. The van der Waals surface area contributed by atoms with E-state index in [0.29, 0.717) is 0 Å². The number of nitrogens with zero attached hydrogens (tertiary/aromatic N) is 3. The number of carbonyl (C=O) groups is 1. The smallest absolute Gasteiger partial charge is 0.236 e. The summed E-state index contributed by atoms with van der Waals surface area (Å²) in [5.41, 5.74) is 3.17. The molecule has 1 amide bonds. The van der Waals surface area contributed by atoms with E-state index < -0.39 is 5.41 Å². The van der Waals surface area contributed by atoms with E-state index in [1.807, 2.05) is 44.2 Å². The monoisotopic (exact) mass is 320 g/mol. The molecule has 24 heavy (non-hydrogen) atoms. The molecule has 0 spiro atoms. The minimum absolute atomic E-state index is 0.0894. The molecule has 2 heterocycles. The highest BCUT2D eigenvalue weighted by molar-refractivity contribution is 6.07. The van der Waals surface area contributed by atoms with Crippen molar-refractivity contribution < 1.29 is 4.79 Å². The van der Waals surface area contributed by atoms with Gasteiger partial charge in [0.05, 0.1) is 17.0 Å². The van der Waals surface area contributed by atoms with Crippen molar-refractivity contribution in [3.05, 3.63) is 53.9 Å². The summed E-state index contributed by atoms with van der Waals surface area (Å²) in [5, 5.41) is 7.72. The maximum atomic E-state index is 12.4. The fourth-order valence-electron chi connectivity index (χ4n) is 3.03. The third kappa shape index (κ3) is 2.62. The van der Waals surface area contributed by atoms with Gasteiger partial charge in [-0.2, -0.15) is 0 Å². The number of aliphatic imine (C=N–C) groups is 1. The average Bonchev–Trinajstić information content (AvgIpc) is 2.77. The van der Waals surface area contributed by atoms with Crippen LogP contribution in [0.25, 0.3) is 0 Å². The Morgan fingerprint density at radius 2 is 1.96 bits per heavy atom. The van der Waals surface area contributed by atoms with Crippen LogP contribution in [0.5, 0.6) is 0 Å². The minimum atomic E-state index is -0.506. The quantitative estimate of drug-likeness (QED) is 0.876. The van der Waals surface area contributed by atoms with Gasteiger partial charge in [-0.15, -0.1) is 0 Å². The van der Waals surface area contributed by atoms with Crippen LogP contribution < -0.4 is 4.90 Å². The van der Waals surface area contributed by atoms with Crippen LogP contribution in [0.2, 0.25) is 0 Å². The third-order valence-corrected chi connectivity index (χ3v) is 4.51. The SMILES string of the molecule is CN1C(=O)C(C)(C)c2ccc(C(C=N)C=Nc3ccncc3)cc21. The van der Waals surface area contributed by atoms with E-state index in [1.54, 1.807) is 30.6 Å². The largest absolute Gasteiger partial charge is 0.314 e. The van der Waals surface area contributed by atoms with Crippen LogP contribution in [0.3, 0.4) is 0 Å². The van der Waals surface area contributed by atoms with Crippen LogP contribution in [-0.2, 0) is 10.2 Å². The first-order valence-corrected chi connectivity index (χ1v) is 7.82. The van der Waals surface area contributed by atoms with Crippen molar-refractivity contribution >= 4 is 29.7 Å². The molecule has 122 valence electrons. The zero-order valence-corrected chi connectivity index (χ0v) is 14.0. The van der Waals surface area contributed by atoms with Gasteiger partial charge in [-0.05, 0) is 43.2 Å². The Labute approximate surface area is 141 Å². The first-order valence-electron chi connectivity index (χ1n) is 7.82. The summed E-state index contributed by atoms with van der Waals surface area (Å²) >= 11 is 0. The van der Waals surface area contributed by atoms with Crippen LogP contribution in [0.4, 0.5) is 11.4 Å². The number of fused-ring (bicyclic) bond motifs is 1. The van der Waals surface area contributed by atoms with Crippen LogP contribution in [0, 0.1) is 5.41 Å². The highest BCUT2D eigenvalue weighted by atomic mass is 16.2. The van der Waals surface area contributed by atoms with Gasteiger partial charge in [0, 0.05) is 37.6 Å².